The summed E-state index contributed by atoms with van der Waals surface area (Å²) in [5.74, 6) is -1.01. The summed E-state index contributed by atoms with van der Waals surface area (Å²) in [6.45, 7) is 0. The predicted molar refractivity (Wildman–Crippen MR) is 59.7 cm³/mol. The van der Waals surface area contributed by atoms with Gasteiger partial charge in [-0.25, -0.2) is 9.31 Å². The Morgan fingerprint density at radius 2 is 2.24 bits per heavy atom. The number of nitrogens with zero attached hydrogens (tertiary/aromatic N) is 3. The maximum absolute atomic E-state index is 11.0. The van der Waals surface area contributed by atoms with Gasteiger partial charge in [0.05, 0.1) is 23.6 Å². The van der Waals surface area contributed by atoms with Crippen LogP contribution in [0.5, 0.6) is 0 Å². The van der Waals surface area contributed by atoms with Crippen molar-refractivity contribution in [3.05, 3.63) is 42.4 Å². The van der Waals surface area contributed by atoms with Crippen LogP contribution in [-0.2, 0) is 0 Å². The van der Waals surface area contributed by atoms with Crippen LogP contribution in [0.25, 0.3) is 16.8 Å². The lowest BCUT2D eigenvalue weighted by atomic mass is 10.1. The molecule has 0 amide bonds. The van der Waals surface area contributed by atoms with Crippen LogP contribution >= 0.6 is 0 Å². The minimum absolute atomic E-state index is 0.142. The van der Waals surface area contributed by atoms with Crippen molar-refractivity contribution in [3.8, 4) is 11.3 Å². The summed E-state index contributed by atoms with van der Waals surface area (Å²) in [7, 11) is 0. The normalized spacial score (nSPS) is 10.8. The molecular formula is C11H8N4O2. The lowest BCUT2D eigenvalue weighted by Gasteiger charge is -1.97. The van der Waals surface area contributed by atoms with Crippen LogP contribution in [0.1, 0.15) is 10.4 Å². The molecule has 0 fully saturated rings. The Morgan fingerprint density at radius 1 is 1.35 bits per heavy atom. The van der Waals surface area contributed by atoms with E-state index < -0.39 is 5.97 Å². The minimum Gasteiger partial charge on any atom is -0.478 e. The van der Waals surface area contributed by atoms with Crippen LogP contribution in [0.3, 0.4) is 0 Å². The minimum atomic E-state index is -1.01. The Balaban J connectivity index is 2.28. The molecule has 3 aromatic heterocycles. The van der Waals surface area contributed by atoms with Gasteiger partial charge in [0.2, 0.25) is 0 Å². The Kier molecular flexibility index (Phi) is 1.94. The van der Waals surface area contributed by atoms with E-state index in [0.29, 0.717) is 5.69 Å². The number of nitrogens with one attached hydrogen (secondary N) is 1. The Morgan fingerprint density at radius 3 is 3.06 bits per heavy atom. The molecule has 0 bridgehead atoms. The number of aromatic nitrogens is 4. The smallest absolute Gasteiger partial charge is 0.339 e. The van der Waals surface area contributed by atoms with Crippen LogP contribution in [0.15, 0.2) is 36.8 Å². The predicted octanol–water partition coefficient (Wildman–Crippen LogP) is 1.42. The number of aromatic carboxylic acids is 1. The van der Waals surface area contributed by atoms with E-state index in [1.807, 2.05) is 18.2 Å². The molecule has 0 aliphatic carbocycles. The van der Waals surface area contributed by atoms with E-state index in [-0.39, 0.29) is 5.56 Å². The zero-order valence-corrected chi connectivity index (χ0v) is 8.66. The highest BCUT2D eigenvalue weighted by molar-refractivity contribution is 5.96. The van der Waals surface area contributed by atoms with Gasteiger partial charge in [0.1, 0.15) is 5.56 Å². The molecule has 0 unspecified atom stereocenters. The van der Waals surface area contributed by atoms with E-state index in [9.17, 15) is 4.79 Å². The molecule has 3 aromatic rings. The van der Waals surface area contributed by atoms with E-state index in [4.69, 9.17) is 5.11 Å². The third-order valence-corrected chi connectivity index (χ3v) is 2.57. The van der Waals surface area contributed by atoms with E-state index in [0.717, 1.165) is 11.1 Å². The van der Waals surface area contributed by atoms with Crippen LogP contribution in [-0.4, -0.2) is 30.9 Å². The molecule has 0 saturated heterocycles. The second-order valence-electron chi connectivity index (χ2n) is 3.55. The monoisotopic (exact) mass is 228 g/mol. The molecular weight excluding hydrogens is 220 g/mol. The third kappa shape index (κ3) is 1.38. The fourth-order valence-corrected chi connectivity index (χ4v) is 1.78. The highest BCUT2D eigenvalue weighted by Gasteiger charge is 2.17. The highest BCUT2D eigenvalue weighted by atomic mass is 16.4. The summed E-state index contributed by atoms with van der Waals surface area (Å²) in [5.41, 5.74) is 2.17. The largest absolute Gasteiger partial charge is 0.478 e. The summed E-state index contributed by atoms with van der Waals surface area (Å²) < 4.78 is 1.68. The van der Waals surface area contributed by atoms with Crippen molar-refractivity contribution in [1.82, 2.24) is 19.8 Å². The van der Waals surface area contributed by atoms with Crippen molar-refractivity contribution in [3.63, 3.8) is 0 Å². The number of fused-ring (bicyclic) bond motifs is 1. The summed E-state index contributed by atoms with van der Waals surface area (Å²) in [5, 5.41) is 19.7. The summed E-state index contributed by atoms with van der Waals surface area (Å²) in [4.78, 5) is 11.0. The third-order valence-electron chi connectivity index (χ3n) is 2.57. The lowest BCUT2D eigenvalue weighted by Crippen LogP contribution is -1.96. The number of pyridine rings is 1. The molecule has 0 aliphatic rings. The molecule has 0 aromatic carbocycles. The van der Waals surface area contributed by atoms with Crippen LogP contribution in [0, 0.1) is 0 Å². The first kappa shape index (κ1) is 9.59. The number of carbonyl (C=O) groups is 1. The van der Waals surface area contributed by atoms with Gasteiger partial charge >= 0.3 is 5.97 Å². The first-order valence-electron chi connectivity index (χ1n) is 4.97. The second kappa shape index (κ2) is 3.44. The molecule has 0 radical (unpaired) electrons. The van der Waals surface area contributed by atoms with E-state index in [1.54, 1.807) is 16.9 Å². The number of hydrogen-bond donors (Lipinski definition) is 2. The number of hydrogen-bond acceptors (Lipinski definition) is 3. The first-order valence-corrected chi connectivity index (χ1v) is 4.97. The molecule has 6 heteroatoms. The molecule has 3 rings (SSSR count). The van der Waals surface area contributed by atoms with Crippen molar-refractivity contribution in [1.29, 1.82) is 0 Å². The van der Waals surface area contributed by atoms with Gasteiger partial charge in [-0.05, 0) is 12.1 Å². The second-order valence-corrected chi connectivity index (χ2v) is 3.55. The zero-order chi connectivity index (χ0) is 11.8. The van der Waals surface area contributed by atoms with Gasteiger partial charge in [-0.2, -0.15) is 10.2 Å². The molecule has 0 saturated carbocycles. The van der Waals surface area contributed by atoms with Crippen LogP contribution in [0.4, 0.5) is 0 Å². The number of carboxylic acid groups (broad SMARTS) is 1. The molecule has 0 spiro atoms. The lowest BCUT2D eigenvalue weighted by molar-refractivity contribution is 0.0698. The van der Waals surface area contributed by atoms with E-state index in [2.05, 4.69) is 15.3 Å². The van der Waals surface area contributed by atoms with E-state index >= 15 is 0 Å². The van der Waals surface area contributed by atoms with Crippen molar-refractivity contribution in [2.75, 3.05) is 0 Å². The zero-order valence-electron chi connectivity index (χ0n) is 8.66. The van der Waals surface area contributed by atoms with Crippen LogP contribution < -0.4 is 0 Å². The van der Waals surface area contributed by atoms with Crippen molar-refractivity contribution < 1.29 is 9.90 Å². The average molecular weight is 228 g/mol. The quantitative estimate of drug-likeness (QED) is 0.694. The summed E-state index contributed by atoms with van der Waals surface area (Å²) in [6.07, 6.45) is 4.72. The number of aromatic amines is 1. The van der Waals surface area contributed by atoms with Gasteiger partial charge < -0.3 is 5.11 Å². The average Bonchev–Trinajstić information content (AvgIpc) is 2.94. The number of rotatable bonds is 2. The van der Waals surface area contributed by atoms with Crippen molar-refractivity contribution in [2.45, 2.75) is 0 Å². The van der Waals surface area contributed by atoms with Gasteiger partial charge in [0.25, 0.3) is 0 Å². The standard InChI is InChI=1S/C11H8N4O2/c16-11(17)8-5-12-14-10(8)7-6-13-15-4-2-1-3-9(7)15/h1-6H,(H,12,14)(H,16,17). The SMILES string of the molecule is O=C(O)c1cn[nH]c1-c1cnn2ccccc12. The molecule has 6 nitrogen and oxygen atoms in total. The van der Waals surface area contributed by atoms with Gasteiger partial charge in [0.15, 0.2) is 0 Å². The number of carboxylic acids is 1. The van der Waals surface area contributed by atoms with Crippen LogP contribution in [0.2, 0.25) is 0 Å². The maximum atomic E-state index is 11.0. The molecule has 3 heterocycles. The van der Waals surface area contributed by atoms with Gasteiger partial charge in [-0.3, -0.25) is 5.10 Å². The van der Waals surface area contributed by atoms with Gasteiger partial charge in [0, 0.05) is 11.8 Å². The van der Waals surface area contributed by atoms with Gasteiger partial charge in [-0.15, -0.1) is 0 Å². The Bertz CT molecular complexity index is 698. The fraction of sp³-hybridized carbons (Fsp3) is 0. The van der Waals surface area contributed by atoms with E-state index in [1.165, 1.54) is 6.20 Å². The molecule has 2 N–H and O–H groups in total. The molecule has 17 heavy (non-hydrogen) atoms. The summed E-state index contributed by atoms with van der Waals surface area (Å²) >= 11 is 0. The topological polar surface area (TPSA) is 83.3 Å². The summed E-state index contributed by atoms with van der Waals surface area (Å²) in [6, 6.07) is 5.60. The Labute approximate surface area is 95.5 Å². The van der Waals surface area contributed by atoms with Crippen molar-refractivity contribution >= 4 is 11.5 Å². The van der Waals surface area contributed by atoms with Crippen molar-refractivity contribution in [2.24, 2.45) is 0 Å². The molecule has 0 aliphatic heterocycles. The van der Waals surface area contributed by atoms with Gasteiger partial charge in [-0.1, -0.05) is 6.07 Å². The first-order chi connectivity index (χ1) is 8.27. The maximum Gasteiger partial charge on any atom is 0.339 e. The fourth-order valence-electron chi connectivity index (χ4n) is 1.78. The highest BCUT2D eigenvalue weighted by Crippen LogP contribution is 2.25. The number of H-pyrrole nitrogens is 1. The Hall–Kier alpha value is -2.63. The molecule has 84 valence electrons. The molecule has 0 atom stereocenters.